The molecule has 6 nitrogen and oxygen atoms in total. The molecule has 0 aliphatic heterocycles. The third-order valence-electron chi connectivity index (χ3n) is 5.74. The normalized spacial score (nSPS) is 11.0. The summed E-state index contributed by atoms with van der Waals surface area (Å²) in [7, 11) is 0. The lowest BCUT2D eigenvalue weighted by molar-refractivity contribution is -0.128. The molecule has 0 atom stereocenters. The number of carbonyl (C=O) groups excluding carboxylic acids is 1. The molecule has 174 valence electrons. The average Bonchev–Trinajstić information content (AvgIpc) is 3.36. The van der Waals surface area contributed by atoms with Gasteiger partial charge < -0.3 is 4.90 Å². The minimum absolute atomic E-state index is 0.0806. The smallest absolute Gasteiger partial charge is 0.233 e. The first kappa shape index (κ1) is 22.8. The summed E-state index contributed by atoms with van der Waals surface area (Å²) in [6.07, 6.45) is 4.12. The van der Waals surface area contributed by atoms with Crippen molar-refractivity contribution in [1.29, 1.82) is 0 Å². The maximum atomic E-state index is 13.3. The third-order valence-corrected chi connectivity index (χ3v) is 6.73. The fourth-order valence-corrected chi connectivity index (χ4v) is 4.79. The Morgan fingerprint density at radius 3 is 2.20 bits per heavy atom. The van der Waals surface area contributed by atoms with Gasteiger partial charge in [-0.1, -0.05) is 90.6 Å². The predicted molar refractivity (Wildman–Crippen MR) is 139 cm³/mol. The van der Waals surface area contributed by atoms with Crippen LogP contribution >= 0.6 is 11.8 Å². The Bertz CT molecular complexity index is 1390. The van der Waals surface area contributed by atoms with Crippen LogP contribution in [0.15, 0.2) is 109 Å². The maximum Gasteiger partial charge on any atom is 0.233 e. The van der Waals surface area contributed by atoms with Gasteiger partial charge in [0.15, 0.2) is 5.65 Å². The number of aromatic nitrogens is 4. The average molecular weight is 480 g/mol. The van der Waals surface area contributed by atoms with Gasteiger partial charge in [0.1, 0.15) is 11.4 Å². The molecule has 7 heteroatoms. The first-order chi connectivity index (χ1) is 17.3. The predicted octanol–water partition coefficient (Wildman–Crippen LogP) is 5.18. The van der Waals surface area contributed by atoms with Gasteiger partial charge in [-0.15, -0.1) is 0 Å². The second kappa shape index (κ2) is 11.0. The zero-order valence-corrected chi connectivity index (χ0v) is 20.0. The number of fused-ring (bicyclic) bond motifs is 1. The Labute approximate surface area is 208 Å². The van der Waals surface area contributed by atoms with Crippen molar-refractivity contribution in [1.82, 2.24) is 24.6 Å². The number of thioether (sulfide) groups is 1. The van der Waals surface area contributed by atoms with Crippen LogP contribution in [0.1, 0.15) is 11.1 Å². The molecule has 5 aromatic rings. The largest absolute Gasteiger partial charge is 0.337 e. The minimum atomic E-state index is 0.0806. The Hall–Kier alpha value is -3.97. The SMILES string of the molecule is O=C(CSc1ncnc2c1cnn2-c1ccccc1)N(CCc1ccccc1)Cc1ccccc1. The summed E-state index contributed by atoms with van der Waals surface area (Å²) in [4.78, 5) is 24.2. The van der Waals surface area contributed by atoms with Crippen LogP contribution < -0.4 is 0 Å². The van der Waals surface area contributed by atoms with Gasteiger partial charge in [-0.3, -0.25) is 4.79 Å². The number of rotatable bonds is 9. The molecule has 0 radical (unpaired) electrons. The van der Waals surface area contributed by atoms with Gasteiger partial charge in [0, 0.05) is 13.1 Å². The van der Waals surface area contributed by atoms with Crippen LogP contribution in [0.5, 0.6) is 0 Å². The molecular weight excluding hydrogens is 454 g/mol. The molecular formula is C28H25N5OS. The highest BCUT2D eigenvalue weighted by Crippen LogP contribution is 2.26. The molecule has 0 spiro atoms. The number of hydrogen-bond donors (Lipinski definition) is 0. The van der Waals surface area contributed by atoms with Crippen molar-refractivity contribution in [2.24, 2.45) is 0 Å². The van der Waals surface area contributed by atoms with E-state index in [9.17, 15) is 4.79 Å². The quantitative estimate of drug-likeness (QED) is 0.215. The van der Waals surface area contributed by atoms with Gasteiger partial charge >= 0.3 is 0 Å². The monoisotopic (exact) mass is 479 g/mol. The number of para-hydroxylation sites is 1. The second-order valence-electron chi connectivity index (χ2n) is 8.13. The van der Waals surface area contributed by atoms with E-state index in [1.165, 1.54) is 23.7 Å². The standard InChI is InChI=1S/C28H25N5OS/c34-26(32(19-23-12-6-2-7-13-23)17-16-22-10-4-1-5-11-22)20-35-28-25-18-31-33(27(25)29-21-30-28)24-14-8-3-9-15-24/h1-15,18,21H,16-17,19-20H2. The van der Waals surface area contributed by atoms with Crippen molar-refractivity contribution < 1.29 is 4.79 Å². The highest BCUT2D eigenvalue weighted by molar-refractivity contribution is 8.00. The Kier molecular flexibility index (Phi) is 7.15. The van der Waals surface area contributed by atoms with E-state index in [1.54, 1.807) is 10.9 Å². The fraction of sp³-hybridized carbons (Fsp3) is 0.143. The van der Waals surface area contributed by atoms with Crippen molar-refractivity contribution in [3.63, 3.8) is 0 Å². The molecule has 2 heterocycles. The summed E-state index contributed by atoms with van der Waals surface area (Å²) in [5, 5.41) is 6.11. The van der Waals surface area contributed by atoms with Crippen LogP contribution in [-0.4, -0.2) is 42.9 Å². The van der Waals surface area contributed by atoms with Crippen molar-refractivity contribution >= 4 is 28.7 Å². The Morgan fingerprint density at radius 1 is 0.829 bits per heavy atom. The zero-order chi connectivity index (χ0) is 23.9. The molecule has 0 aliphatic carbocycles. The minimum Gasteiger partial charge on any atom is -0.337 e. The van der Waals surface area contributed by atoms with Crippen molar-refractivity contribution in [2.45, 2.75) is 18.0 Å². The van der Waals surface area contributed by atoms with E-state index in [4.69, 9.17) is 0 Å². The molecule has 0 unspecified atom stereocenters. The van der Waals surface area contributed by atoms with E-state index >= 15 is 0 Å². The van der Waals surface area contributed by atoms with Crippen molar-refractivity contribution in [3.05, 3.63) is 115 Å². The number of nitrogens with zero attached hydrogens (tertiary/aromatic N) is 5. The van der Waals surface area contributed by atoms with E-state index < -0.39 is 0 Å². The lowest BCUT2D eigenvalue weighted by atomic mass is 10.1. The molecule has 5 rings (SSSR count). The second-order valence-corrected chi connectivity index (χ2v) is 9.10. The van der Waals surface area contributed by atoms with Gasteiger partial charge in [-0.05, 0) is 29.7 Å². The van der Waals surface area contributed by atoms with Crippen molar-refractivity contribution in [2.75, 3.05) is 12.3 Å². The van der Waals surface area contributed by atoms with Crippen LogP contribution in [0.4, 0.5) is 0 Å². The number of benzene rings is 3. The van der Waals surface area contributed by atoms with Crippen LogP contribution in [0.25, 0.3) is 16.7 Å². The lowest BCUT2D eigenvalue weighted by Crippen LogP contribution is -2.33. The summed E-state index contributed by atoms with van der Waals surface area (Å²) in [5.41, 5.74) is 4.00. The summed E-state index contributed by atoms with van der Waals surface area (Å²) in [5.74, 6) is 0.376. The van der Waals surface area contributed by atoms with Crippen LogP contribution in [0, 0.1) is 0 Å². The van der Waals surface area contributed by atoms with Gasteiger partial charge in [0.25, 0.3) is 0 Å². The summed E-state index contributed by atoms with van der Waals surface area (Å²) >= 11 is 1.43. The van der Waals surface area contributed by atoms with Gasteiger partial charge in [-0.2, -0.15) is 5.10 Å². The topological polar surface area (TPSA) is 63.9 Å². The fourth-order valence-electron chi connectivity index (χ4n) is 3.92. The number of hydrogen-bond acceptors (Lipinski definition) is 5. The van der Waals surface area contributed by atoms with E-state index in [1.807, 2.05) is 71.6 Å². The van der Waals surface area contributed by atoms with E-state index in [-0.39, 0.29) is 5.91 Å². The molecule has 35 heavy (non-hydrogen) atoms. The summed E-state index contributed by atoms with van der Waals surface area (Å²) in [6, 6.07) is 30.3. The molecule has 0 saturated heterocycles. The van der Waals surface area contributed by atoms with Crippen LogP contribution in [0.2, 0.25) is 0 Å². The zero-order valence-electron chi connectivity index (χ0n) is 19.2. The summed E-state index contributed by atoms with van der Waals surface area (Å²) < 4.78 is 1.80. The Morgan fingerprint density at radius 2 is 1.49 bits per heavy atom. The van der Waals surface area contributed by atoms with Gasteiger partial charge in [0.05, 0.1) is 23.0 Å². The van der Waals surface area contributed by atoms with Crippen LogP contribution in [0.3, 0.4) is 0 Å². The van der Waals surface area contributed by atoms with Crippen molar-refractivity contribution in [3.8, 4) is 5.69 Å². The molecule has 0 fully saturated rings. The summed E-state index contributed by atoms with van der Waals surface area (Å²) in [6.45, 7) is 1.24. The van der Waals surface area contributed by atoms with E-state index in [0.29, 0.717) is 18.8 Å². The molecule has 0 N–H and O–H groups in total. The maximum absolute atomic E-state index is 13.3. The lowest BCUT2D eigenvalue weighted by Gasteiger charge is -2.23. The van der Waals surface area contributed by atoms with Crippen LogP contribution in [-0.2, 0) is 17.8 Å². The highest BCUT2D eigenvalue weighted by Gasteiger charge is 2.17. The van der Waals surface area contributed by atoms with E-state index in [0.717, 1.165) is 33.7 Å². The third kappa shape index (κ3) is 5.58. The molecule has 0 aliphatic rings. The molecule has 3 aromatic carbocycles. The Balaban J connectivity index is 1.32. The highest BCUT2D eigenvalue weighted by atomic mass is 32.2. The molecule has 2 aromatic heterocycles. The first-order valence-corrected chi connectivity index (χ1v) is 12.5. The van der Waals surface area contributed by atoms with Gasteiger partial charge in [0.2, 0.25) is 5.91 Å². The molecule has 0 saturated carbocycles. The number of carbonyl (C=O) groups is 1. The molecule has 0 bridgehead atoms. The number of amides is 1. The first-order valence-electron chi connectivity index (χ1n) is 11.5. The van der Waals surface area contributed by atoms with E-state index in [2.05, 4.69) is 39.3 Å². The molecule has 1 amide bonds. The van der Waals surface area contributed by atoms with Gasteiger partial charge in [-0.25, -0.2) is 14.6 Å².